The molecule has 1 fully saturated rings. The van der Waals surface area contributed by atoms with Crippen LogP contribution in [0.3, 0.4) is 0 Å². The number of piperidine rings is 1. The minimum atomic E-state index is -3.87. The minimum absolute atomic E-state index is 0.135. The summed E-state index contributed by atoms with van der Waals surface area (Å²) in [6.07, 6.45) is 1.63. The SMILES string of the molecule is CCCN(CC(=O)N(Cc1cccc(F)c1)C1CCN(C(=O)NC(C)(C)C)CC1)S(=O)(=O)c1ccccc1. The zero-order chi connectivity index (χ0) is 27.9. The van der Waals surface area contributed by atoms with Crippen molar-refractivity contribution >= 4 is 22.0 Å². The lowest BCUT2D eigenvalue weighted by atomic mass is 10.0. The van der Waals surface area contributed by atoms with Crippen LogP contribution in [0.25, 0.3) is 0 Å². The van der Waals surface area contributed by atoms with Gasteiger partial charge in [0, 0.05) is 37.8 Å². The summed E-state index contributed by atoms with van der Waals surface area (Å²) in [7, 11) is -3.87. The second kappa shape index (κ2) is 12.7. The fraction of sp³-hybridized carbons (Fsp3) is 0.500. The first-order valence-corrected chi connectivity index (χ1v) is 14.5. The molecule has 3 amide bonds. The highest BCUT2D eigenvalue weighted by molar-refractivity contribution is 7.89. The van der Waals surface area contributed by atoms with Crippen molar-refractivity contribution in [3.8, 4) is 0 Å². The molecule has 38 heavy (non-hydrogen) atoms. The van der Waals surface area contributed by atoms with E-state index in [9.17, 15) is 22.4 Å². The smallest absolute Gasteiger partial charge is 0.317 e. The van der Waals surface area contributed by atoms with Crippen molar-refractivity contribution in [3.63, 3.8) is 0 Å². The van der Waals surface area contributed by atoms with E-state index in [4.69, 9.17) is 0 Å². The van der Waals surface area contributed by atoms with Gasteiger partial charge in [0.15, 0.2) is 0 Å². The highest BCUT2D eigenvalue weighted by Gasteiger charge is 2.33. The van der Waals surface area contributed by atoms with Crippen molar-refractivity contribution in [2.45, 2.75) is 70.0 Å². The van der Waals surface area contributed by atoms with Gasteiger partial charge in [0.05, 0.1) is 11.4 Å². The van der Waals surface area contributed by atoms with Gasteiger partial charge in [-0.05, 0) is 69.9 Å². The lowest BCUT2D eigenvalue weighted by Crippen LogP contribution is -2.54. The number of hydrogen-bond acceptors (Lipinski definition) is 4. The molecule has 1 saturated heterocycles. The van der Waals surface area contributed by atoms with Crippen LogP contribution in [0, 0.1) is 5.82 Å². The number of carbonyl (C=O) groups is 2. The van der Waals surface area contributed by atoms with Crippen molar-refractivity contribution < 1.29 is 22.4 Å². The summed E-state index contributed by atoms with van der Waals surface area (Å²) in [6, 6.07) is 13.8. The van der Waals surface area contributed by atoms with Gasteiger partial charge in [0.25, 0.3) is 0 Å². The standard InChI is InChI=1S/C28H39FN4O4S/c1-5-16-32(38(36,37)25-12-7-6-8-13-25)21-26(34)33(20-22-10-9-11-23(29)19-22)24-14-17-31(18-15-24)27(35)30-28(2,3)4/h6-13,19,24H,5,14-18,20-21H2,1-4H3,(H,30,35). The van der Waals surface area contributed by atoms with Crippen LogP contribution < -0.4 is 5.32 Å². The summed E-state index contributed by atoms with van der Waals surface area (Å²) >= 11 is 0. The molecule has 8 nitrogen and oxygen atoms in total. The molecule has 0 aromatic heterocycles. The van der Waals surface area contributed by atoms with E-state index in [0.717, 1.165) is 0 Å². The molecule has 0 bridgehead atoms. The maximum absolute atomic E-state index is 13.9. The zero-order valence-electron chi connectivity index (χ0n) is 22.7. The number of rotatable bonds is 9. The molecule has 1 N–H and O–H groups in total. The number of nitrogens with zero attached hydrogens (tertiary/aromatic N) is 3. The van der Waals surface area contributed by atoms with Gasteiger partial charge in [-0.2, -0.15) is 4.31 Å². The number of nitrogens with one attached hydrogen (secondary N) is 1. The van der Waals surface area contributed by atoms with Gasteiger partial charge in [0.1, 0.15) is 5.82 Å². The number of likely N-dealkylation sites (tertiary alicyclic amines) is 1. The third-order valence-corrected chi connectivity index (χ3v) is 8.26. The normalized spacial score (nSPS) is 14.9. The highest BCUT2D eigenvalue weighted by Crippen LogP contribution is 2.22. The Morgan fingerprint density at radius 3 is 2.29 bits per heavy atom. The van der Waals surface area contributed by atoms with Crippen LogP contribution in [0.2, 0.25) is 0 Å². The quantitative estimate of drug-likeness (QED) is 0.510. The van der Waals surface area contributed by atoms with Crippen molar-refractivity contribution in [2.24, 2.45) is 0 Å². The maximum Gasteiger partial charge on any atom is 0.317 e. The first-order valence-electron chi connectivity index (χ1n) is 13.1. The molecule has 1 aliphatic rings. The van der Waals surface area contributed by atoms with Crippen LogP contribution >= 0.6 is 0 Å². The van der Waals surface area contributed by atoms with Gasteiger partial charge in [-0.25, -0.2) is 17.6 Å². The molecule has 208 valence electrons. The average Bonchev–Trinajstić information content (AvgIpc) is 2.86. The van der Waals surface area contributed by atoms with Gasteiger partial charge in [-0.1, -0.05) is 37.3 Å². The van der Waals surface area contributed by atoms with E-state index in [-0.39, 0.29) is 48.0 Å². The van der Waals surface area contributed by atoms with Crippen molar-refractivity contribution in [1.29, 1.82) is 0 Å². The summed E-state index contributed by atoms with van der Waals surface area (Å²) in [5.41, 5.74) is 0.263. The molecular formula is C28H39FN4O4S. The van der Waals surface area contributed by atoms with E-state index in [0.29, 0.717) is 37.9 Å². The zero-order valence-corrected chi connectivity index (χ0v) is 23.5. The summed E-state index contributed by atoms with van der Waals surface area (Å²) < 4.78 is 41.9. The predicted octanol–water partition coefficient (Wildman–Crippen LogP) is 4.23. The topological polar surface area (TPSA) is 90.0 Å². The van der Waals surface area contributed by atoms with Crippen LogP contribution in [0.5, 0.6) is 0 Å². The first-order chi connectivity index (χ1) is 17.9. The molecule has 0 aliphatic carbocycles. The molecular weight excluding hydrogens is 507 g/mol. The van der Waals surface area contributed by atoms with Gasteiger partial charge < -0.3 is 15.1 Å². The second-order valence-electron chi connectivity index (χ2n) is 10.7. The Bertz CT molecular complexity index is 1190. The number of halogens is 1. The van der Waals surface area contributed by atoms with E-state index in [1.54, 1.807) is 40.1 Å². The monoisotopic (exact) mass is 546 g/mol. The van der Waals surface area contributed by atoms with E-state index >= 15 is 0 Å². The molecule has 0 unspecified atom stereocenters. The van der Waals surface area contributed by atoms with E-state index < -0.39 is 15.8 Å². The Morgan fingerprint density at radius 2 is 1.71 bits per heavy atom. The second-order valence-corrected chi connectivity index (χ2v) is 12.6. The molecule has 2 aromatic carbocycles. The molecule has 0 saturated carbocycles. The van der Waals surface area contributed by atoms with Gasteiger partial charge in [0.2, 0.25) is 15.9 Å². The predicted molar refractivity (Wildman–Crippen MR) is 145 cm³/mol. The molecule has 0 atom stereocenters. The lowest BCUT2D eigenvalue weighted by Gasteiger charge is -2.40. The molecule has 2 aromatic rings. The molecule has 1 aliphatic heterocycles. The third-order valence-electron chi connectivity index (χ3n) is 6.40. The van der Waals surface area contributed by atoms with Crippen LogP contribution in [0.1, 0.15) is 52.5 Å². The number of hydrogen-bond donors (Lipinski definition) is 1. The van der Waals surface area contributed by atoms with Crippen LogP contribution in [-0.2, 0) is 21.4 Å². The number of sulfonamides is 1. The fourth-order valence-electron chi connectivity index (χ4n) is 4.55. The molecule has 1 heterocycles. The summed E-state index contributed by atoms with van der Waals surface area (Å²) in [6.45, 7) is 8.57. The van der Waals surface area contributed by atoms with Crippen molar-refractivity contribution in [2.75, 3.05) is 26.2 Å². The Kier molecular flexibility index (Phi) is 9.89. The van der Waals surface area contributed by atoms with Crippen molar-refractivity contribution in [3.05, 3.63) is 66.0 Å². The highest BCUT2D eigenvalue weighted by atomic mass is 32.2. The molecule has 0 spiro atoms. The van der Waals surface area contributed by atoms with Crippen LogP contribution in [0.15, 0.2) is 59.5 Å². The number of urea groups is 1. The minimum Gasteiger partial charge on any atom is -0.334 e. The maximum atomic E-state index is 13.9. The number of carbonyl (C=O) groups excluding carboxylic acids is 2. The van der Waals surface area contributed by atoms with Crippen LogP contribution in [0.4, 0.5) is 9.18 Å². The summed E-state index contributed by atoms with van der Waals surface area (Å²) in [5.74, 6) is -0.748. The summed E-state index contributed by atoms with van der Waals surface area (Å²) in [5, 5.41) is 2.97. The van der Waals surface area contributed by atoms with E-state index in [1.807, 2.05) is 27.7 Å². The van der Waals surface area contributed by atoms with Crippen LogP contribution in [-0.4, -0.2) is 72.2 Å². The van der Waals surface area contributed by atoms with E-state index in [2.05, 4.69) is 5.32 Å². The van der Waals surface area contributed by atoms with E-state index in [1.165, 1.54) is 28.6 Å². The van der Waals surface area contributed by atoms with Gasteiger partial charge >= 0.3 is 6.03 Å². The average molecular weight is 547 g/mol. The van der Waals surface area contributed by atoms with Crippen molar-refractivity contribution in [1.82, 2.24) is 19.4 Å². The lowest BCUT2D eigenvalue weighted by molar-refractivity contribution is -0.135. The molecule has 10 heteroatoms. The Balaban J connectivity index is 1.81. The Labute approximate surface area is 225 Å². The first kappa shape index (κ1) is 29.6. The Hall–Kier alpha value is -2.98. The molecule has 3 rings (SSSR count). The third kappa shape index (κ3) is 8.01. The van der Waals surface area contributed by atoms with Gasteiger partial charge in [-0.15, -0.1) is 0 Å². The largest absolute Gasteiger partial charge is 0.334 e. The summed E-state index contributed by atoms with van der Waals surface area (Å²) in [4.78, 5) is 29.9. The number of amides is 3. The van der Waals surface area contributed by atoms with Gasteiger partial charge in [-0.3, -0.25) is 4.79 Å². The Morgan fingerprint density at radius 1 is 1.05 bits per heavy atom. The fourth-order valence-corrected chi connectivity index (χ4v) is 6.05. The molecule has 0 radical (unpaired) electrons. The number of benzene rings is 2.